The number of anilines is 1. The second-order valence-corrected chi connectivity index (χ2v) is 4.56. The summed E-state index contributed by atoms with van der Waals surface area (Å²) in [4.78, 5) is 24.8. The van der Waals surface area contributed by atoms with Crippen LogP contribution in [0, 0.1) is 13.8 Å². The number of nitrogens with zero attached hydrogens (tertiary/aromatic N) is 1. The van der Waals surface area contributed by atoms with Gasteiger partial charge in [-0.25, -0.2) is 0 Å². The van der Waals surface area contributed by atoms with Gasteiger partial charge in [-0.15, -0.1) is 0 Å². The maximum Gasteiger partial charge on any atom is 0.249 e. The van der Waals surface area contributed by atoms with E-state index in [1.165, 1.54) is 0 Å². The van der Waals surface area contributed by atoms with E-state index in [0.717, 1.165) is 16.8 Å². The third-order valence-electron chi connectivity index (χ3n) is 2.96. The van der Waals surface area contributed by atoms with Crippen molar-refractivity contribution in [3.8, 4) is 0 Å². The van der Waals surface area contributed by atoms with E-state index in [4.69, 9.17) is 0 Å². The summed E-state index contributed by atoms with van der Waals surface area (Å²) in [6.07, 6.45) is 0. The maximum absolute atomic E-state index is 11.6. The lowest BCUT2D eigenvalue weighted by atomic mass is 10.1. The Labute approximate surface area is 101 Å². The van der Waals surface area contributed by atoms with Crippen LogP contribution in [0.3, 0.4) is 0 Å². The minimum Gasteiger partial charge on any atom is -0.350 e. The normalized spacial score (nSPS) is 20.4. The van der Waals surface area contributed by atoms with Gasteiger partial charge in [0.05, 0.1) is 6.54 Å². The van der Waals surface area contributed by atoms with Gasteiger partial charge < -0.3 is 4.90 Å². The Morgan fingerprint density at radius 1 is 1.18 bits per heavy atom. The van der Waals surface area contributed by atoms with Crippen LogP contribution >= 0.6 is 0 Å². The van der Waals surface area contributed by atoms with E-state index >= 15 is 0 Å². The molecule has 1 fully saturated rings. The second-order valence-electron chi connectivity index (χ2n) is 4.56. The summed E-state index contributed by atoms with van der Waals surface area (Å²) in [6, 6.07) is 5.75. The molecule has 2 amide bonds. The van der Waals surface area contributed by atoms with Crippen molar-refractivity contribution in [3.63, 3.8) is 0 Å². The van der Waals surface area contributed by atoms with Crippen LogP contribution in [0.15, 0.2) is 18.2 Å². The monoisotopic (exact) mass is 232 g/mol. The first-order chi connectivity index (χ1) is 7.97. The molecule has 4 nitrogen and oxygen atoms in total. The molecular weight excluding hydrogens is 216 g/mol. The van der Waals surface area contributed by atoms with Crippen LogP contribution in [0.4, 0.5) is 5.69 Å². The third kappa shape index (κ3) is 2.30. The number of amides is 2. The zero-order valence-electron chi connectivity index (χ0n) is 10.3. The molecule has 4 heteroatoms. The fourth-order valence-corrected chi connectivity index (χ4v) is 2.15. The molecule has 0 saturated carbocycles. The largest absolute Gasteiger partial charge is 0.350 e. The van der Waals surface area contributed by atoms with Crippen molar-refractivity contribution in [2.75, 3.05) is 11.4 Å². The summed E-state index contributed by atoms with van der Waals surface area (Å²) in [5, 5.41) is 2.34. The van der Waals surface area contributed by atoms with Gasteiger partial charge in [0.25, 0.3) is 0 Å². The Balaban J connectivity index is 2.37. The van der Waals surface area contributed by atoms with E-state index in [9.17, 15) is 9.59 Å². The van der Waals surface area contributed by atoms with Gasteiger partial charge in [-0.1, -0.05) is 6.07 Å². The van der Waals surface area contributed by atoms with E-state index in [1.807, 2.05) is 30.9 Å². The summed E-state index contributed by atoms with van der Waals surface area (Å²) >= 11 is 0. The van der Waals surface area contributed by atoms with Gasteiger partial charge in [0.15, 0.2) is 0 Å². The minimum absolute atomic E-state index is 0.232. The van der Waals surface area contributed by atoms with Crippen LogP contribution < -0.4 is 10.2 Å². The molecule has 1 saturated heterocycles. The first-order valence-electron chi connectivity index (χ1n) is 5.66. The molecule has 1 unspecified atom stereocenters. The summed E-state index contributed by atoms with van der Waals surface area (Å²) in [5.74, 6) is -0.479. The molecule has 17 heavy (non-hydrogen) atoms. The van der Waals surface area contributed by atoms with Gasteiger partial charge in [0.2, 0.25) is 11.8 Å². The van der Waals surface area contributed by atoms with Crippen molar-refractivity contribution in [3.05, 3.63) is 29.3 Å². The Morgan fingerprint density at radius 3 is 2.35 bits per heavy atom. The Bertz CT molecular complexity index is 462. The average Bonchev–Trinajstić information content (AvgIpc) is 2.22. The van der Waals surface area contributed by atoms with Gasteiger partial charge >= 0.3 is 0 Å². The van der Waals surface area contributed by atoms with Crippen LogP contribution in [-0.2, 0) is 9.59 Å². The highest BCUT2D eigenvalue weighted by Gasteiger charge is 2.30. The fraction of sp³-hybridized carbons (Fsp3) is 0.385. The minimum atomic E-state index is -0.311. The van der Waals surface area contributed by atoms with Gasteiger partial charge in [-0.3, -0.25) is 14.9 Å². The van der Waals surface area contributed by atoms with Gasteiger partial charge in [-0.2, -0.15) is 0 Å². The van der Waals surface area contributed by atoms with Crippen LogP contribution in [0.1, 0.15) is 18.1 Å². The Morgan fingerprint density at radius 2 is 1.76 bits per heavy atom. The van der Waals surface area contributed by atoms with Crippen LogP contribution in [0.25, 0.3) is 0 Å². The molecule has 1 N–H and O–H groups in total. The van der Waals surface area contributed by atoms with E-state index in [2.05, 4.69) is 11.4 Å². The average molecular weight is 232 g/mol. The highest BCUT2D eigenvalue weighted by molar-refractivity contribution is 6.04. The molecule has 1 aromatic carbocycles. The highest BCUT2D eigenvalue weighted by Crippen LogP contribution is 2.22. The number of hydrogen-bond donors (Lipinski definition) is 1. The number of aryl methyl sites for hydroxylation is 2. The van der Waals surface area contributed by atoms with Crippen molar-refractivity contribution in [1.82, 2.24) is 5.32 Å². The Hall–Kier alpha value is -1.84. The molecule has 0 spiro atoms. The van der Waals surface area contributed by atoms with Crippen molar-refractivity contribution >= 4 is 17.5 Å². The highest BCUT2D eigenvalue weighted by atomic mass is 16.2. The standard InChI is InChI=1S/C13H16N2O2/c1-8-4-9(2)6-11(5-8)15-7-12(16)14-13(17)10(15)3/h4-6,10H,7H2,1-3H3,(H,14,16,17). The number of hydrogen-bond acceptors (Lipinski definition) is 3. The summed E-state index contributed by atoms with van der Waals surface area (Å²) in [7, 11) is 0. The second kappa shape index (κ2) is 4.20. The van der Waals surface area contributed by atoms with Gasteiger partial charge in [-0.05, 0) is 44.0 Å². The molecule has 1 atom stereocenters. The van der Waals surface area contributed by atoms with Crippen molar-refractivity contribution in [2.24, 2.45) is 0 Å². The predicted molar refractivity (Wildman–Crippen MR) is 65.9 cm³/mol. The summed E-state index contributed by atoms with van der Waals surface area (Å²) in [6.45, 7) is 6.05. The zero-order valence-corrected chi connectivity index (χ0v) is 10.3. The first-order valence-corrected chi connectivity index (χ1v) is 5.66. The van der Waals surface area contributed by atoms with Crippen molar-refractivity contribution in [1.29, 1.82) is 0 Å². The molecule has 0 aromatic heterocycles. The number of benzene rings is 1. The molecule has 0 aliphatic carbocycles. The quantitative estimate of drug-likeness (QED) is 0.739. The van der Waals surface area contributed by atoms with Gasteiger partial charge in [0, 0.05) is 5.69 Å². The molecule has 1 heterocycles. The van der Waals surface area contributed by atoms with Crippen molar-refractivity contribution in [2.45, 2.75) is 26.8 Å². The van der Waals surface area contributed by atoms with Crippen LogP contribution in [0.5, 0.6) is 0 Å². The summed E-state index contributed by atoms with van der Waals surface area (Å²) in [5.41, 5.74) is 3.19. The molecule has 1 aliphatic heterocycles. The predicted octanol–water partition coefficient (Wildman–Crippen LogP) is 1.15. The molecule has 2 rings (SSSR count). The fourth-order valence-electron chi connectivity index (χ4n) is 2.15. The molecule has 0 bridgehead atoms. The number of rotatable bonds is 1. The van der Waals surface area contributed by atoms with Crippen LogP contribution in [-0.4, -0.2) is 24.4 Å². The molecule has 0 radical (unpaired) electrons. The maximum atomic E-state index is 11.6. The van der Waals surface area contributed by atoms with Gasteiger partial charge in [0.1, 0.15) is 6.04 Å². The lowest BCUT2D eigenvalue weighted by Crippen LogP contribution is -2.57. The number of nitrogens with one attached hydrogen (secondary N) is 1. The lowest BCUT2D eigenvalue weighted by Gasteiger charge is -2.33. The summed E-state index contributed by atoms with van der Waals surface area (Å²) < 4.78 is 0. The van der Waals surface area contributed by atoms with E-state index in [0.29, 0.717) is 0 Å². The zero-order chi connectivity index (χ0) is 12.6. The topological polar surface area (TPSA) is 49.4 Å². The van der Waals surface area contributed by atoms with Crippen LogP contribution in [0.2, 0.25) is 0 Å². The third-order valence-corrected chi connectivity index (χ3v) is 2.96. The van der Waals surface area contributed by atoms with Crippen molar-refractivity contribution < 1.29 is 9.59 Å². The van der Waals surface area contributed by atoms with E-state index in [-0.39, 0.29) is 24.4 Å². The smallest absolute Gasteiger partial charge is 0.249 e. The van der Waals surface area contributed by atoms with E-state index < -0.39 is 0 Å². The van der Waals surface area contributed by atoms with E-state index in [1.54, 1.807) is 6.92 Å². The molecular formula is C13H16N2O2. The number of carbonyl (C=O) groups is 2. The molecule has 1 aromatic rings. The number of piperazine rings is 1. The molecule has 90 valence electrons. The first kappa shape index (κ1) is 11.6. The SMILES string of the molecule is Cc1cc(C)cc(N2CC(=O)NC(=O)C2C)c1. The number of imide groups is 1. The lowest BCUT2D eigenvalue weighted by molar-refractivity contribution is -0.132. The number of carbonyl (C=O) groups excluding carboxylic acids is 2. The molecule has 1 aliphatic rings. The Kier molecular flexibility index (Phi) is 2.88.